The molecule has 2 heterocycles. The van der Waals surface area contributed by atoms with Crippen LogP contribution in [-0.2, 0) is 0 Å². The fourth-order valence-electron chi connectivity index (χ4n) is 2.37. The van der Waals surface area contributed by atoms with Gasteiger partial charge in [-0.1, -0.05) is 12.1 Å². The van der Waals surface area contributed by atoms with Gasteiger partial charge in [-0.05, 0) is 43.2 Å². The van der Waals surface area contributed by atoms with Crippen molar-refractivity contribution in [1.82, 2.24) is 4.98 Å². The molecule has 1 atom stereocenters. The van der Waals surface area contributed by atoms with E-state index in [4.69, 9.17) is 10.2 Å². The monoisotopic (exact) mass is 252 g/mol. The first kappa shape index (κ1) is 11.9. The van der Waals surface area contributed by atoms with E-state index in [2.05, 4.69) is 31.0 Å². The summed E-state index contributed by atoms with van der Waals surface area (Å²) in [6.07, 6.45) is 3.49. The minimum atomic E-state index is -0.254. The van der Waals surface area contributed by atoms with Gasteiger partial charge in [0.25, 0.3) is 0 Å². The van der Waals surface area contributed by atoms with E-state index >= 15 is 0 Å². The largest absolute Gasteiger partial charge is 0.459 e. The zero-order chi connectivity index (χ0) is 13.4. The van der Waals surface area contributed by atoms with Gasteiger partial charge in [0.1, 0.15) is 11.3 Å². The van der Waals surface area contributed by atoms with Gasteiger partial charge in [0.15, 0.2) is 0 Å². The van der Waals surface area contributed by atoms with Crippen LogP contribution < -0.4 is 5.73 Å². The van der Waals surface area contributed by atoms with E-state index in [0.717, 1.165) is 27.9 Å². The normalized spacial score (nSPS) is 12.8. The van der Waals surface area contributed by atoms with Crippen molar-refractivity contribution >= 4 is 11.0 Å². The molecule has 96 valence electrons. The molecule has 3 rings (SSSR count). The molecule has 2 N–H and O–H groups in total. The zero-order valence-corrected chi connectivity index (χ0v) is 11.1. The van der Waals surface area contributed by atoms with Gasteiger partial charge in [0.2, 0.25) is 0 Å². The molecule has 1 aromatic carbocycles. The number of pyridine rings is 1. The van der Waals surface area contributed by atoms with Crippen LogP contribution in [0.3, 0.4) is 0 Å². The van der Waals surface area contributed by atoms with E-state index < -0.39 is 0 Å². The average molecular weight is 252 g/mol. The lowest BCUT2D eigenvalue weighted by Crippen LogP contribution is -2.11. The molecular weight excluding hydrogens is 236 g/mol. The summed E-state index contributed by atoms with van der Waals surface area (Å²) in [6.45, 7) is 4.11. The third-order valence-electron chi connectivity index (χ3n) is 3.48. The highest BCUT2D eigenvalue weighted by Crippen LogP contribution is 2.31. The maximum atomic E-state index is 6.30. The molecular formula is C16H16N2O. The van der Waals surface area contributed by atoms with Crippen LogP contribution in [0.15, 0.2) is 47.1 Å². The first-order chi connectivity index (χ1) is 9.16. The Morgan fingerprint density at radius 3 is 2.58 bits per heavy atom. The van der Waals surface area contributed by atoms with Crippen molar-refractivity contribution in [3.63, 3.8) is 0 Å². The molecule has 0 aliphatic rings. The summed E-state index contributed by atoms with van der Waals surface area (Å²) < 4.78 is 5.95. The summed E-state index contributed by atoms with van der Waals surface area (Å²) in [5.74, 6) is 0.826. The molecule has 0 aliphatic carbocycles. The Balaban J connectivity index is 2.13. The summed E-state index contributed by atoms with van der Waals surface area (Å²) in [7, 11) is 0. The van der Waals surface area contributed by atoms with Crippen molar-refractivity contribution in [2.45, 2.75) is 19.9 Å². The van der Waals surface area contributed by atoms with E-state index in [1.54, 1.807) is 12.4 Å². The molecule has 1 unspecified atom stereocenters. The van der Waals surface area contributed by atoms with Gasteiger partial charge in [-0.3, -0.25) is 4.98 Å². The maximum absolute atomic E-state index is 6.30. The molecule has 0 amide bonds. The number of fused-ring (bicyclic) bond motifs is 1. The zero-order valence-electron chi connectivity index (χ0n) is 11.1. The first-order valence-electron chi connectivity index (χ1n) is 6.32. The van der Waals surface area contributed by atoms with Crippen molar-refractivity contribution in [2.24, 2.45) is 5.73 Å². The number of benzene rings is 1. The van der Waals surface area contributed by atoms with E-state index in [9.17, 15) is 0 Å². The third kappa shape index (κ3) is 2.02. The Kier molecular flexibility index (Phi) is 2.84. The molecule has 0 radical (unpaired) electrons. The number of furan rings is 1. The SMILES string of the molecule is Cc1ccc2c(C)c(C(N)c3ccncc3)oc2c1. The summed E-state index contributed by atoms with van der Waals surface area (Å²) in [4.78, 5) is 4.01. The molecule has 3 nitrogen and oxygen atoms in total. The molecule has 0 aliphatic heterocycles. The smallest absolute Gasteiger partial charge is 0.134 e. The lowest BCUT2D eigenvalue weighted by Gasteiger charge is -2.09. The number of hydrogen-bond donors (Lipinski definition) is 1. The van der Waals surface area contributed by atoms with Crippen LogP contribution in [0, 0.1) is 13.8 Å². The fraction of sp³-hybridized carbons (Fsp3) is 0.188. The number of nitrogens with two attached hydrogens (primary N) is 1. The highest BCUT2D eigenvalue weighted by Gasteiger charge is 2.18. The number of hydrogen-bond acceptors (Lipinski definition) is 3. The molecule has 3 aromatic rings. The topological polar surface area (TPSA) is 52.0 Å². The van der Waals surface area contributed by atoms with Crippen molar-refractivity contribution in [1.29, 1.82) is 0 Å². The quantitative estimate of drug-likeness (QED) is 0.759. The summed E-state index contributed by atoms with van der Waals surface area (Å²) >= 11 is 0. The van der Waals surface area contributed by atoms with Gasteiger partial charge in [-0.25, -0.2) is 0 Å². The predicted molar refractivity (Wildman–Crippen MR) is 76.0 cm³/mol. The highest BCUT2D eigenvalue weighted by atomic mass is 16.3. The minimum absolute atomic E-state index is 0.254. The number of aromatic nitrogens is 1. The Bertz CT molecular complexity index is 716. The summed E-state index contributed by atoms with van der Waals surface area (Å²) in [6, 6.07) is 9.81. The molecule has 2 aromatic heterocycles. The molecule has 0 fully saturated rings. The minimum Gasteiger partial charge on any atom is -0.459 e. The molecule has 0 saturated heterocycles. The second kappa shape index (κ2) is 4.52. The van der Waals surface area contributed by atoms with Gasteiger partial charge >= 0.3 is 0 Å². The second-order valence-corrected chi connectivity index (χ2v) is 4.85. The van der Waals surface area contributed by atoms with Gasteiger partial charge in [-0.2, -0.15) is 0 Å². The van der Waals surface area contributed by atoms with Crippen LogP contribution in [0.1, 0.15) is 28.5 Å². The lowest BCUT2D eigenvalue weighted by molar-refractivity contribution is 0.521. The van der Waals surface area contributed by atoms with E-state index in [-0.39, 0.29) is 6.04 Å². The van der Waals surface area contributed by atoms with E-state index in [1.807, 2.05) is 18.2 Å². The molecule has 3 heteroatoms. The average Bonchev–Trinajstić information content (AvgIpc) is 2.75. The van der Waals surface area contributed by atoms with Crippen LogP contribution in [0.5, 0.6) is 0 Å². The Hall–Kier alpha value is -2.13. The van der Waals surface area contributed by atoms with Crippen LogP contribution in [0.2, 0.25) is 0 Å². The summed E-state index contributed by atoms with van der Waals surface area (Å²) in [5, 5.41) is 1.13. The number of rotatable bonds is 2. The Labute approximate surface area is 112 Å². The van der Waals surface area contributed by atoms with Gasteiger partial charge < -0.3 is 10.2 Å². The predicted octanol–water partition coefficient (Wildman–Crippen LogP) is 3.49. The van der Waals surface area contributed by atoms with E-state index in [0.29, 0.717) is 0 Å². The first-order valence-corrected chi connectivity index (χ1v) is 6.32. The second-order valence-electron chi connectivity index (χ2n) is 4.85. The van der Waals surface area contributed by atoms with Crippen molar-refractivity contribution in [3.8, 4) is 0 Å². The summed E-state index contributed by atoms with van der Waals surface area (Å²) in [5.41, 5.74) is 10.5. The maximum Gasteiger partial charge on any atom is 0.134 e. The van der Waals surface area contributed by atoms with Gasteiger partial charge in [0, 0.05) is 23.3 Å². The van der Waals surface area contributed by atoms with Crippen LogP contribution in [0.25, 0.3) is 11.0 Å². The van der Waals surface area contributed by atoms with Gasteiger partial charge in [0.05, 0.1) is 6.04 Å². The fourth-order valence-corrected chi connectivity index (χ4v) is 2.37. The van der Waals surface area contributed by atoms with Crippen molar-refractivity contribution in [3.05, 3.63) is 65.2 Å². The third-order valence-corrected chi connectivity index (χ3v) is 3.48. The highest BCUT2D eigenvalue weighted by molar-refractivity contribution is 5.82. The number of aryl methyl sites for hydroxylation is 2. The van der Waals surface area contributed by atoms with Crippen molar-refractivity contribution in [2.75, 3.05) is 0 Å². The van der Waals surface area contributed by atoms with Crippen LogP contribution in [0.4, 0.5) is 0 Å². The lowest BCUT2D eigenvalue weighted by atomic mass is 10.0. The van der Waals surface area contributed by atoms with E-state index in [1.165, 1.54) is 5.56 Å². The van der Waals surface area contributed by atoms with Crippen LogP contribution >= 0.6 is 0 Å². The van der Waals surface area contributed by atoms with Gasteiger partial charge in [-0.15, -0.1) is 0 Å². The van der Waals surface area contributed by atoms with Crippen molar-refractivity contribution < 1.29 is 4.42 Å². The number of nitrogens with zero attached hydrogens (tertiary/aromatic N) is 1. The Morgan fingerprint density at radius 1 is 1.11 bits per heavy atom. The molecule has 0 spiro atoms. The molecule has 0 bridgehead atoms. The standard InChI is InChI=1S/C16H16N2O/c1-10-3-4-13-11(2)16(19-14(13)9-10)15(17)12-5-7-18-8-6-12/h3-9,15H,17H2,1-2H3. The Morgan fingerprint density at radius 2 is 1.84 bits per heavy atom. The molecule has 19 heavy (non-hydrogen) atoms. The molecule has 0 saturated carbocycles. The van der Waals surface area contributed by atoms with Crippen LogP contribution in [-0.4, -0.2) is 4.98 Å².